The van der Waals surface area contributed by atoms with Crippen molar-refractivity contribution in [3.8, 4) is 0 Å². The molecule has 2 atom stereocenters. The number of piperidine rings is 1. The van der Waals surface area contributed by atoms with Gasteiger partial charge < -0.3 is 20.6 Å². The quantitative estimate of drug-likeness (QED) is 0.637. The molecule has 0 aromatic rings. The zero-order chi connectivity index (χ0) is 13.0. The van der Waals surface area contributed by atoms with Crippen LogP contribution >= 0.6 is 0 Å². The molecule has 0 radical (unpaired) electrons. The lowest BCUT2D eigenvalue weighted by atomic mass is 9.99. The maximum atomic E-state index is 11.8. The van der Waals surface area contributed by atoms with E-state index >= 15 is 0 Å². The summed E-state index contributed by atoms with van der Waals surface area (Å²) < 4.78 is 0. The molecule has 0 unspecified atom stereocenters. The maximum Gasteiger partial charge on any atom is 0.237 e. The van der Waals surface area contributed by atoms with Crippen molar-refractivity contribution in [2.24, 2.45) is 5.92 Å². The van der Waals surface area contributed by atoms with E-state index < -0.39 is 0 Å². The Hall–Kier alpha value is -0.650. The number of carbonyl (C=O) groups is 1. The van der Waals surface area contributed by atoms with Crippen LogP contribution in [0.1, 0.15) is 26.2 Å². The van der Waals surface area contributed by atoms with Gasteiger partial charge in [0.15, 0.2) is 0 Å². The second-order valence-electron chi connectivity index (χ2n) is 5.67. The molecule has 2 saturated heterocycles. The Morgan fingerprint density at radius 1 is 1.44 bits per heavy atom. The smallest absolute Gasteiger partial charge is 0.237 e. The Balaban J connectivity index is 1.59. The standard InChI is InChI=1S/C13H25N3O2/c1-10-2-5-16(6-3-10)7-4-14-13(18)12-8-11(17)9-15-12/h10-12,15,17H,2-9H2,1H3,(H,14,18)/t11-,12+/m1/s1. The highest BCUT2D eigenvalue weighted by Crippen LogP contribution is 2.15. The minimum atomic E-state index is -0.371. The molecule has 0 aliphatic carbocycles. The highest BCUT2D eigenvalue weighted by Gasteiger charge is 2.27. The Kier molecular flexibility index (Phi) is 4.97. The molecule has 5 heteroatoms. The number of hydrogen-bond donors (Lipinski definition) is 3. The van der Waals surface area contributed by atoms with E-state index in [0.29, 0.717) is 19.5 Å². The molecule has 5 nitrogen and oxygen atoms in total. The van der Waals surface area contributed by atoms with Crippen molar-refractivity contribution >= 4 is 5.91 Å². The van der Waals surface area contributed by atoms with Gasteiger partial charge in [-0.15, -0.1) is 0 Å². The number of likely N-dealkylation sites (tertiary alicyclic amines) is 1. The van der Waals surface area contributed by atoms with Gasteiger partial charge in [0.25, 0.3) is 0 Å². The van der Waals surface area contributed by atoms with Crippen LogP contribution in [0.5, 0.6) is 0 Å². The van der Waals surface area contributed by atoms with Crippen LogP contribution in [0.15, 0.2) is 0 Å². The number of aliphatic hydroxyl groups excluding tert-OH is 1. The monoisotopic (exact) mass is 255 g/mol. The summed E-state index contributed by atoms with van der Waals surface area (Å²) in [5, 5.41) is 15.3. The Morgan fingerprint density at radius 2 is 2.17 bits per heavy atom. The second-order valence-corrected chi connectivity index (χ2v) is 5.67. The van der Waals surface area contributed by atoms with Gasteiger partial charge in [0.1, 0.15) is 0 Å². The number of hydrogen-bond acceptors (Lipinski definition) is 4. The van der Waals surface area contributed by atoms with Gasteiger partial charge in [-0.05, 0) is 38.3 Å². The zero-order valence-corrected chi connectivity index (χ0v) is 11.2. The average molecular weight is 255 g/mol. The van der Waals surface area contributed by atoms with E-state index in [0.717, 1.165) is 25.6 Å². The molecule has 0 aromatic carbocycles. The van der Waals surface area contributed by atoms with E-state index in [4.69, 9.17) is 0 Å². The molecule has 104 valence electrons. The summed E-state index contributed by atoms with van der Waals surface area (Å²) in [5.41, 5.74) is 0. The molecule has 2 fully saturated rings. The maximum absolute atomic E-state index is 11.8. The number of amides is 1. The number of nitrogens with zero attached hydrogens (tertiary/aromatic N) is 1. The van der Waals surface area contributed by atoms with Crippen molar-refractivity contribution < 1.29 is 9.90 Å². The molecule has 2 rings (SSSR count). The van der Waals surface area contributed by atoms with Crippen LogP contribution in [0.25, 0.3) is 0 Å². The molecule has 0 spiro atoms. The molecule has 18 heavy (non-hydrogen) atoms. The van der Waals surface area contributed by atoms with Crippen molar-refractivity contribution in [1.29, 1.82) is 0 Å². The van der Waals surface area contributed by atoms with E-state index in [1.54, 1.807) is 0 Å². The first-order valence-electron chi connectivity index (χ1n) is 7.06. The number of carbonyl (C=O) groups excluding carboxylic acids is 1. The largest absolute Gasteiger partial charge is 0.392 e. The molecule has 2 aliphatic heterocycles. The molecular formula is C13H25N3O2. The first-order chi connectivity index (χ1) is 8.65. The molecule has 0 aromatic heterocycles. The van der Waals surface area contributed by atoms with Gasteiger partial charge in [-0.25, -0.2) is 0 Å². The molecule has 2 aliphatic rings. The van der Waals surface area contributed by atoms with Gasteiger partial charge in [-0.2, -0.15) is 0 Å². The molecule has 1 amide bonds. The molecule has 2 heterocycles. The van der Waals surface area contributed by atoms with E-state index in [2.05, 4.69) is 22.5 Å². The van der Waals surface area contributed by atoms with Crippen molar-refractivity contribution in [1.82, 2.24) is 15.5 Å². The summed E-state index contributed by atoms with van der Waals surface area (Å²) in [7, 11) is 0. The fourth-order valence-electron chi connectivity index (χ4n) is 2.66. The summed E-state index contributed by atoms with van der Waals surface area (Å²) >= 11 is 0. The highest BCUT2D eigenvalue weighted by molar-refractivity contribution is 5.82. The molecule has 0 bridgehead atoms. The minimum Gasteiger partial charge on any atom is -0.392 e. The van der Waals surface area contributed by atoms with E-state index in [-0.39, 0.29) is 18.1 Å². The van der Waals surface area contributed by atoms with Crippen LogP contribution in [0.3, 0.4) is 0 Å². The minimum absolute atomic E-state index is 0.0249. The predicted molar refractivity (Wildman–Crippen MR) is 70.3 cm³/mol. The lowest BCUT2D eigenvalue weighted by Gasteiger charge is -2.30. The van der Waals surface area contributed by atoms with Crippen LogP contribution in [0.4, 0.5) is 0 Å². The van der Waals surface area contributed by atoms with Crippen LogP contribution in [0, 0.1) is 5.92 Å². The van der Waals surface area contributed by atoms with Gasteiger partial charge in [0.05, 0.1) is 12.1 Å². The third-order valence-electron chi connectivity index (χ3n) is 4.03. The van der Waals surface area contributed by atoms with Crippen LogP contribution in [0.2, 0.25) is 0 Å². The lowest BCUT2D eigenvalue weighted by Crippen LogP contribution is -2.44. The van der Waals surface area contributed by atoms with Gasteiger partial charge >= 0.3 is 0 Å². The van der Waals surface area contributed by atoms with Crippen molar-refractivity contribution in [2.75, 3.05) is 32.7 Å². The van der Waals surface area contributed by atoms with E-state index in [1.807, 2.05) is 0 Å². The van der Waals surface area contributed by atoms with Crippen molar-refractivity contribution in [2.45, 2.75) is 38.3 Å². The van der Waals surface area contributed by atoms with Crippen LogP contribution in [-0.2, 0) is 4.79 Å². The fraction of sp³-hybridized carbons (Fsp3) is 0.923. The third-order valence-corrected chi connectivity index (χ3v) is 4.03. The van der Waals surface area contributed by atoms with Crippen LogP contribution < -0.4 is 10.6 Å². The van der Waals surface area contributed by atoms with Gasteiger partial charge in [-0.1, -0.05) is 6.92 Å². The average Bonchev–Trinajstić information content (AvgIpc) is 2.78. The van der Waals surface area contributed by atoms with Crippen molar-refractivity contribution in [3.05, 3.63) is 0 Å². The molecular weight excluding hydrogens is 230 g/mol. The summed E-state index contributed by atoms with van der Waals surface area (Å²) in [6.45, 7) is 6.78. The molecule has 3 N–H and O–H groups in total. The van der Waals surface area contributed by atoms with Crippen molar-refractivity contribution in [3.63, 3.8) is 0 Å². The lowest BCUT2D eigenvalue weighted by molar-refractivity contribution is -0.123. The van der Waals surface area contributed by atoms with E-state index in [9.17, 15) is 9.90 Å². The Bertz CT molecular complexity index is 277. The summed E-state index contributed by atoms with van der Waals surface area (Å²) in [5.74, 6) is 0.872. The fourth-order valence-corrected chi connectivity index (χ4v) is 2.66. The topological polar surface area (TPSA) is 64.6 Å². The Morgan fingerprint density at radius 3 is 2.78 bits per heavy atom. The SMILES string of the molecule is CC1CCN(CCNC(=O)[C@@H]2C[C@@H](O)CN2)CC1. The van der Waals surface area contributed by atoms with E-state index in [1.165, 1.54) is 12.8 Å². The summed E-state index contributed by atoms with van der Waals surface area (Å²) in [4.78, 5) is 14.2. The summed E-state index contributed by atoms with van der Waals surface area (Å²) in [6.07, 6.45) is 2.70. The number of rotatable bonds is 4. The first kappa shape index (κ1) is 13.8. The Labute approximate surface area is 109 Å². The first-order valence-corrected chi connectivity index (χ1v) is 7.06. The number of β-amino-alcohol motifs (C(OH)–C–C–N with tert-alkyl or cyclic N) is 1. The van der Waals surface area contributed by atoms with Gasteiger partial charge in [0, 0.05) is 19.6 Å². The normalized spacial score (nSPS) is 30.6. The highest BCUT2D eigenvalue weighted by atomic mass is 16.3. The van der Waals surface area contributed by atoms with Gasteiger partial charge in [0.2, 0.25) is 5.91 Å². The van der Waals surface area contributed by atoms with Gasteiger partial charge in [-0.3, -0.25) is 4.79 Å². The second kappa shape index (κ2) is 6.50. The number of aliphatic hydroxyl groups is 1. The number of nitrogens with one attached hydrogen (secondary N) is 2. The third kappa shape index (κ3) is 3.93. The van der Waals surface area contributed by atoms with Crippen LogP contribution in [-0.4, -0.2) is 60.8 Å². The predicted octanol–water partition coefficient (Wildman–Crippen LogP) is -0.443. The molecule has 0 saturated carbocycles. The zero-order valence-electron chi connectivity index (χ0n) is 11.2. The summed E-state index contributed by atoms with van der Waals surface area (Å²) in [6, 6.07) is -0.207.